The van der Waals surface area contributed by atoms with Crippen LogP contribution < -0.4 is 4.90 Å². The maximum atomic E-state index is 12.2. The monoisotopic (exact) mass is 349 g/mol. The summed E-state index contributed by atoms with van der Waals surface area (Å²) in [4.78, 5) is 24.7. The standard InChI is InChI=1S/C20H28ClNO2/c1-20(2,3)16-10-8-15(9-11-16)17-6-4-5-7-18(17)22(12-13-23)19(24)14-21/h4-7,13,15-16H,8-12,14H2,1-3H3. The number of amides is 1. The van der Waals surface area contributed by atoms with Gasteiger partial charge in [0.05, 0.1) is 6.54 Å². The van der Waals surface area contributed by atoms with Gasteiger partial charge >= 0.3 is 0 Å². The highest BCUT2D eigenvalue weighted by atomic mass is 35.5. The van der Waals surface area contributed by atoms with Crippen LogP contribution in [0.15, 0.2) is 24.3 Å². The Bertz CT molecular complexity index is 571. The van der Waals surface area contributed by atoms with Crippen LogP contribution in [0, 0.1) is 11.3 Å². The topological polar surface area (TPSA) is 37.4 Å². The molecule has 0 atom stereocenters. The summed E-state index contributed by atoms with van der Waals surface area (Å²) in [6.45, 7) is 7.00. The molecule has 24 heavy (non-hydrogen) atoms. The van der Waals surface area contributed by atoms with Gasteiger partial charge in [-0.05, 0) is 54.6 Å². The van der Waals surface area contributed by atoms with Crippen LogP contribution in [0.4, 0.5) is 5.69 Å². The van der Waals surface area contributed by atoms with E-state index in [4.69, 9.17) is 11.6 Å². The number of carbonyl (C=O) groups excluding carboxylic acids is 2. The lowest BCUT2D eigenvalue weighted by molar-refractivity contribution is -0.117. The maximum absolute atomic E-state index is 12.2. The molecule has 1 fully saturated rings. The van der Waals surface area contributed by atoms with Crippen molar-refractivity contribution in [2.45, 2.75) is 52.4 Å². The Labute approximate surface area is 150 Å². The van der Waals surface area contributed by atoms with Crippen molar-refractivity contribution in [3.05, 3.63) is 29.8 Å². The molecule has 0 aliphatic heterocycles. The summed E-state index contributed by atoms with van der Waals surface area (Å²) < 4.78 is 0. The normalized spacial score (nSPS) is 21.3. The number of halogens is 1. The number of aldehydes is 1. The number of hydrogen-bond acceptors (Lipinski definition) is 2. The summed E-state index contributed by atoms with van der Waals surface area (Å²) in [6.07, 6.45) is 5.43. The predicted octanol–water partition coefficient (Wildman–Crippen LogP) is 4.78. The number of para-hydroxylation sites is 1. The molecular weight excluding hydrogens is 322 g/mol. The number of alkyl halides is 1. The van der Waals surface area contributed by atoms with E-state index in [1.807, 2.05) is 18.2 Å². The fraction of sp³-hybridized carbons (Fsp3) is 0.600. The highest BCUT2D eigenvalue weighted by molar-refractivity contribution is 6.29. The Hall–Kier alpha value is -1.35. The number of rotatable bonds is 5. The van der Waals surface area contributed by atoms with E-state index in [-0.39, 0.29) is 18.3 Å². The highest BCUT2D eigenvalue weighted by Crippen LogP contribution is 2.45. The molecule has 4 heteroatoms. The van der Waals surface area contributed by atoms with Crippen molar-refractivity contribution in [1.29, 1.82) is 0 Å². The first-order valence-corrected chi connectivity index (χ1v) is 9.30. The zero-order valence-corrected chi connectivity index (χ0v) is 15.7. The third-order valence-electron chi connectivity index (χ3n) is 5.29. The minimum absolute atomic E-state index is 0.0555. The second-order valence-electron chi connectivity index (χ2n) is 7.78. The van der Waals surface area contributed by atoms with E-state index in [1.54, 1.807) is 0 Å². The first kappa shape index (κ1) is 19.0. The van der Waals surface area contributed by atoms with Crippen molar-refractivity contribution in [3.63, 3.8) is 0 Å². The molecule has 0 heterocycles. The maximum Gasteiger partial charge on any atom is 0.242 e. The summed E-state index contributed by atoms with van der Waals surface area (Å²) in [7, 11) is 0. The third-order valence-corrected chi connectivity index (χ3v) is 5.52. The summed E-state index contributed by atoms with van der Waals surface area (Å²) >= 11 is 5.73. The summed E-state index contributed by atoms with van der Waals surface area (Å²) in [5.41, 5.74) is 2.36. The molecule has 0 radical (unpaired) electrons. The van der Waals surface area contributed by atoms with Gasteiger partial charge in [-0.25, -0.2) is 0 Å². The molecule has 1 aromatic carbocycles. The first-order valence-electron chi connectivity index (χ1n) is 8.77. The largest absolute Gasteiger partial charge is 0.304 e. The van der Waals surface area contributed by atoms with E-state index in [0.29, 0.717) is 11.3 Å². The number of benzene rings is 1. The molecule has 0 spiro atoms. The van der Waals surface area contributed by atoms with Crippen molar-refractivity contribution < 1.29 is 9.59 Å². The first-order chi connectivity index (χ1) is 11.4. The Morgan fingerprint density at radius 1 is 1.21 bits per heavy atom. The lowest BCUT2D eigenvalue weighted by atomic mass is 9.68. The van der Waals surface area contributed by atoms with Gasteiger partial charge in [0.2, 0.25) is 5.91 Å². The predicted molar refractivity (Wildman–Crippen MR) is 99.7 cm³/mol. The fourth-order valence-corrected chi connectivity index (χ4v) is 3.97. The second kappa shape index (κ2) is 8.15. The molecule has 3 nitrogen and oxygen atoms in total. The van der Waals surface area contributed by atoms with Crippen LogP contribution in [0.1, 0.15) is 57.9 Å². The van der Waals surface area contributed by atoms with Gasteiger partial charge < -0.3 is 9.69 Å². The van der Waals surface area contributed by atoms with Crippen LogP contribution in [0.2, 0.25) is 0 Å². The van der Waals surface area contributed by atoms with Crippen LogP contribution in [0.3, 0.4) is 0 Å². The Morgan fingerprint density at radius 2 is 1.83 bits per heavy atom. The minimum atomic E-state index is -0.223. The van der Waals surface area contributed by atoms with Crippen LogP contribution in [-0.2, 0) is 9.59 Å². The van der Waals surface area contributed by atoms with Crippen LogP contribution in [0.25, 0.3) is 0 Å². The summed E-state index contributed by atoms with van der Waals surface area (Å²) in [5.74, 6) is 0.854. The lowest BCUT2D eigenvalue weighted by Crippen LogP contribution is -2.35. The van der Waals surface area contributed by atoms with Gasteiger partial charge in [0.15, 0.2) is 0 Å². The van der Waals surface area contributed by atoms with Gasteiger partial charge in [0.25, 0.3) is 0 Å². The highest BCUT2D eigenvalue weighted by Gasteiger charge is 2.31. The van der Waals surface area contributed by atoms with Crippen molar-refractivity contribution >= 4 is 29.5 Å². The van der Waals surface area contributed by atoms with Gasteiger partial charge in [-0.3, -0.25) is 4.79 Å². The SMILES string of the molecule is CC(C)(C)C1CCC(c2ccccc2N(CC=O)C(=O)CCl)CC1. The van der Waals surface area contributed by atoms with Gasteiger partial charge in [-0.2, -0.15) is 0 Å². The van der Waals surface area contributed by atoms with Gasteiger partial charge in [0.1, 0.15) is 12.2 Å². The van der Waals surface area contributed by atoms with E-state index in [2.05, 4.69) is 26.8 Å². The van der Waals surface area contributed by atoms with Crippen molar-refractivity contribution in [2.24, 2.45) is 11.3 Å². The molecule has 132 valence electrons. The average molecular weight is 350 g/mol. The van der Waals surface area contributed by atoms with E-state index in [0.717, 1.165) is 30.7 Å². The Kier molecular flexibility index (Phi) is 6.45. The second-order valence-corrected chi connectivity index (χ2v) is 8.05. The molecule has 1 saturated carbocycles. The van der Waals surface area contributed by atoms with Crippen LogP contribution >= 0.6 is 11.6 Å². The van der Waals surface area contributed by atoms with E-state index < -0.39 is 0 Å². The van der Waals surface area contributed by atoms with E-state index in [1.165, 1.54) is 23.3 Å². The fourth-order valence-electron chi connectivity index (χ4n) is 3.83. The smallest absolute Gasteiger partial charge is 0.242 e. The van der Waals surface area contributed by atoms with Gasteiger partial charge in [-0.15, -0.1) is 11.6 Å². The zero-order chi connectivity index (χ0) is 17.7. The molecule has 1 aliphatic carbocycles. The molecular formula is C20H28ClNO2. The molecule has 0 bridgehead atoms. The van der Waals surface area contributed by atoms with E-state index >= 15 is 0 Å². The molecule has 0 unspecified atom stereocenters. The van der Waals surface area contributed by atoms with E-state index in [9.17, 15) is 9.59 Å². The van der Waals surface area contributed by atoms with Crippen LogP contribution in [0.5, 0.6) is 0 Å². The number of nitrogens with zero attached hydrogens (tertiary/aromatic N) is 1. The minimum Gasteiger partial charge on any atom is -0.304 e. The van der Waals surface area contributed by atoms with Crippen molar-refractivity contribution in [2.75, 3.05) is 17.3 Å². The molecule has 0 saturated heterocycles. The Balaban J connectivity index is 2.23. The number of hydrogen-bond donors (Lipinski definition) is 0. The van der Waals surface area contributed by atoms with Crippen LogP contribution in [-0.4, -0.2) is 24.6 Å². The van der Waals surface area contributed by atoms with Crippen molar-refractivity contribution in [1.82, 2.24) is 0 Å². The molecule has 2 rings (SSSR count). The molecule has 0 N–H and O–H groups in total. The Morgan fingerprint density at radius 3 is 2.38 bits per heavy atom. The molecule has 1 amide bonds. The van der Waals surface area contributed by atoms with Crippen molar-refractivity contribution in [3.8, 4) is 0 Å². The lowest BCUT2D eigenvalue weighted by Gasteiger charge is -2.38. The van der Waals surface area contributed by atoms with Gasteiger partial charge in [0, 0.05) is 5.69 Å². The molecule has 0 aromatic heterocycles. The summed E-state index contributed by atoms with van der Waals surface area (Å²) in [5, 5.41) is 0. The molecule has 1 aliphatic rings. The number of anilines is 1. The zero-order valence-electron chi connectivity index (χ0n) is 14.9. The summed E-state index contributed by atoms with van der Waals surface area (Å²) in [6, 6.07) is 7.95. The third kappa shape index (κ3) is 4.38. The van der Waals surface area contributed by atoms with Gasteiger partial charge in [-0.1, -0.05) is 39.0 Å². The number of carbonyl (C=O) groups is 2. The quantitative estimate of drug-likeness (QED) is 0.566. The molecule has 1 aromatic rings. The average Bonchev–Trinajstić information content (AvgIpc) is 2.58.